The molecular formula is C14H24Si. The topological polar surface area (TPSA) is 0 Å². The van der Waals surface area contributed by atoms with Gasteiger partial charge in [0.2, 0.25) is 0 Å². The van der Waals surface area contributed by atoms with Crippen LogP contribution in [0.25, 0.3) is 0 Å². The van der Waals surface area contributed by atoms with Crippen LogP contribution in [0, 0.1) is 0 Å². The molecule has 0 radical (unpaired) electrons. The van der Waals surface area contributed by atoms with E-state index in [1.165, 1.54) is 0 Å². The van der Waals surface area contributed by atoms with Crippen LogP contribution in [0.1, 0.15) is 12.8 Å². The van der Waals surface area contributed by atoms with Crippen LogP contribution in [-0.2, 0) is 0 Å². The van der Waals surface area contributed by atoms with E-state index in [1.807, 2.05) is 12.2 Å². The Morgan fingerprint density at radius 2 is 1.27 bits per heavy atom. The van der Waals surface area contributed by atoms with Gasteiger partial charge in [0.15, 0.2) is 0 Å². The van der Waals surface area contributed by atoms with Crippen LogP contribution < -0.4 is 0 Å². The van der Waals surface area contributed by atoms with E-state index in [4.69, 9.17) is 0 Å². The van der Waals surface area contributed by atoms with Gasteiger partial charge in [-0.3, -0.25) is 0 Å². The van der Waals surface area contributed by atoms with Crippen LogP contribution in [0.15, 0.2) is 50.6 Å². The van der Waals surface area contributed by atoms with E-state index in [1.54, 1.807) is 0 Å². The third-order valence-corrected chi connectivity index (χ3v) is 7.99. The fraction of sp³-hybridized carbons (Fsp3) is 0.429. The minimum atomic E-state index is -1.30. The lowest BCUT2D eigenvalue weighted by atomic mass is 10.2. The van der Waals surface area contributed by atoms with E-state index in [0.717, 1.165) is 30.5 Å². The second kappa shape index (κ2) is 7.47. The summed E-state index contributed by atoms with van der Waals surface area (Å²) in [4.78, 5) is 0. The van der Waals surface area contributed by atoms with Gasteiger partial charge in [-0.15, -0.1) is 26.3 Å². The molecule has 0 N–H and O–H groups in total. The van der Waals surface area contributed by atoms with Crippen LogP contribution in [0.2, 0.25) is 24.2 Å². The summed E-state index contributed by atoms with van der Waals surface area (Å²) in [6.45, 7) is 17.9. The van der Waals surface area contributed by atoms with E-state index in [0.29, 0.717) is 0 Å². The number of allylic oxidation sites excluding steroid dienone is 4. The molecule has 0 aliphatic heterocycles. The molecule has 0 bridgehead atoms. The molecule has 0 amide bonds. The molecule has 0 aliphatic carbocycles. The standard InChI is InChI=1S/C14H24Si/c1-6-10-14(11-7-2)15(5,12-8-3)13-9-4/h6-9,14H,1-4,10-13H2,5H3. The Morgan fingerprint density at radius 3 is 1.53 bits per heavy atom. The molecule has 0 rings (SSSR count). The SMILES string of the molecule is C=CCC(CC=C)[Si](C)(CC=C)CC=C. The summed E-state index contributed by atoms with van der Waals surface area (Å²) in [7, 11) is -1.30. The highest BCUT2D eigenvalue weighted by atomic mass is 28.3. The molecule has 0 saturated heterocycles. The van der Waals surface area contributed by atoms with Crippen molar-refractivity contribution in [3.05, 3.63) is 50.6 Å². The molecule has 0 fully saturated rings. The monoisotopic (exact) mass is 220 g/mol. The van der Waals surface area contributed by atoms with Crippen molar-refractivity contribution in [2.24, 2.45) is 0 Å². The fourth-order valence-electron chi connectivity index (χ4n) is 2.14. The summed E-state index contributed by atoms with van der Waals surface area (Å²) in [5, 5.41) is 0. The first-order valence-electron chi connectivity index (χ1n) is 5.58. The average Bonchev–Trinajstić information content (AvgIpc) is 2.18. The molecule has 0 spiro atoms. The second-order valence-corrected chi connectivity index (χ2v) is 9.33. The third-order valence-electron chi connectivity index (χ3n) is 3.11. The summed E-state index contributed by atoms with van der Waals surface area (Å²) >= 11 is 0. The first-order chi connectivity index (χ1) is 7.14. The summed E-state index contributed by atoms with van der Waals surface area (Å²) in [6, 6.07) is 2.32. The van der Waals surface area contributed by atoms with Crippen molar-refractivity contribution in [3.8, 4) is 0 Å². The molecule has 0 heterocycles. The molecule has 0 unspecified atom stereocenters. The van der Waals surface area contributed by atoms with Crippen LogP contribution in [0.3, 0.4) is 0 Å². The molecule has 0 aromatic rings. The van der Waals surface area contributed by atoms with Gasteiger partial charge >= 0.3 is 0 Å². The van der Waals surface area contributed by atoms with Gasteiger partial charge in [0, 0.05) is 0 Å². The lowest BCUT2D eigenvalue weighted by Crippen LogP contribution is -2.34. The van der Waals surface area contributed by atoms with Gasteiger partial charge in [0.05, 0.1) is 8.07 Å². The first-order valence-corrected chi connectivity index (χ1v) is 8.57. The predicted octanol–water partition coefficient (Wildman–Crippen LogP) is 4.96. The third kappa shape index (κ3) is 4.48. The summed E-state index contributed by atoms with van der Waals surface area (Å²) < 4.78 is 0. The normalized spacial score (nSPS) is 11.1. The maximum atomic E-state index is 3.88. The van der Waals surface area contributed by atoms with Crippen molar-refractivity contribution in [2.75, 3.05) is 0 Å². The van der Waals surface area contributed by atoms with Crippen LogP contribution in [-0.4, -0.2) is 8.07 Å². The highest BCUT2D eigenvalue weighted by molar-refractivity contribution is 6.80. The smallest absolute Gasteiger partial charge is 0.0616 e. The second-order valence-electron chi connectivity index (χ2n) is 4.39. The Kier molecular flexibility index (Phi) is 7.06. The van der Waals surface area contributed by atoms with E-state index < -0.39 is 8.07 Å². The zero-order valence-electron chi connectivity index (χ0n) is 10.0. The van der Waals surface area contributed by atoms with Crippen LogP contribution >= 0.6 is 0 Å². The molecule has 0 aromatic heterocycles. The highest BCUT2D eigenvalue weighted by Crippen LogP contribution is 2.36. The molecular weight excluding hydrogens is 196 g/mol. The van der Waals surface area contributed by atoms with Crippen molar-refractivity contribution in [1.29, 1.82) is 0 Å². The Hall–Kier alpha value is -0.823. The van der Waals surface area contributed by atoms with Gasteiger partial charge in [0.25, 0.3) is 0 Å². The Balaban J connectivity index is 4.76. The van der Waals surface area contributed by atoms with Crippen LogP contribution in [0.4, 0.5) is 0 Å². The Labute approximate surface area is 96.1 Å². The molecule has 84 valence electrons. The van der Waals surface area contributed by atoms with Crippen molar-refractivity contribution in [1.82, 2.24) is 0 Å². The van der Waals surface area contributed by atoms with E-state index in [2.05, 4.69) is 45.0 Å². The number of rotatable bonds is 9. The van der Waals surface area contributed by atoms with Gasteiger partial charge in [-0.25, -0.2) is 0 Å². The van der Waals surface area contributed by atoms with E-state index in [9.17, 15) is 0 Å². The van der Waals surface area contributed by atoms with Gasteiger partial charge < -0.3 is 0 Å². The fourth-order valence-corrected chi connectivity index (χ4v) is 5.77. The molecule has 1 heteroatoms. The van der Waals surface area contributed by atoms with Crippen molar-refractivity contribution < 1.29 is 0 Å². The molecule has 0 aromatic carbocycles. The zero-order chi connectivity index (χ0) is 11.7. The van der Waals surface area contributed by atoms with Crippen molar-refractivity contribution >= 4 is 8.07 Å². The van der Waals surface area contributed by atoms with Gasteiger partial charge in [-0.05, 0) is 30.5 Å². The zero-order valence-corrected chi connectivity index (χ0v) is 11.0. The maximum absolute atomic E-state index is 3.88. The van der Waals surface area contributed by atoms with Gasteiger partial charge in [0.1, 0.15) is 0 Å². The summed E-state index contributed by atoms with van der Waals surface area (Å²) in [6.07, 6.45) is 10.4. The molecule has 0 saturated carbocycles. The number of hydrogen-bond acceptors (Lipinski definition) is 0. The van der Waals surface area contributed by atoms with Crippen LogP contribution in [0.5, 0.6) is 0 Å². The van der Waals surface area contributed by atoms with Crippen molar-refractivity contribution in [2.45, 2.75) is 37.0 Å². The quantitative estimate of drug-likeness (QED) is 0.380. The Morgan fingerprint density at radius 1 is 0.867 bits per heavy atom. The lowest BCUT2D eigenvalue weighted by Gasteiger charge is -2.33. The van der Waals surface area contributed by atoms with E-state index >= 15 is 0 Å². The first kappa shape index (κ1) is 14.2. The molecule has 15 heavy (non-hydrogen) atoms. The maximum Gasteiger partial charge on any atom is 0.0616 e. The van der Waals surface area contributed by atoms with Crippen molar-refractivity contribution in [3.63, 3.8) is 0 Å². The molecule has 0 aliphatic rings. The minimum Gasteiger partial charge on any atom is -0.103 e. The number of hydrogen-bond donors (Lipinski definition) is 0. The van der Waals surface area contributed by atoms with Gasteiger partial charge in [-0.1, -0.05) is 30.9 Å². The van der Waals surface area contributed by atoms with Gasteiger partial charge in [-0.2, -0.15) is 0 Å². The highest BCUT2D eigenvalue weighted by Gasteiger charge is 2.32. The minimum absolute atomic E-state index is 0.725. The lowest BCUT2D eigenvalue weighted by molar-refractivity contribution is 0.816. The summed E-state index contributed by atoms with van der Waals surface area (Å²) in [5.74, 6) is 0. The van der Waals surface area contributed by atoms with E-state index in [-0.39, 0.29) is 0 Å². The predicted molar refractivity (Wildman–Crippen MR) is 75.0 cm³/mol. The Bertz CT molecular complexity index is 207. The average molecular weight is 220 g/mol. The molecule has 0 nitrogen and oxygen atoms in total. The summed E-state index contributed by atoms with van der Waals surface area (Å²) in [5.41, 5.74) is 0.725. The molecule has 0 atom stereocenters. The largest absolute Gasteiger partial charge is 0.103 e.